The monoisotopic (exact) mass is 444 g/mol. The van der Waals surface area contributed by atoms with Crippen molar-refractivity contribution in [2.24, 2.45) is 0 Å². The summed E-state index contributed by atoms with van der Waals surface area (Å²) < 4.78 is 28.6. The first-order valence-electron chi connectivity index (χ1n) is 10.7. The number of carbonyl (C=O) groups excluding carboxylic acids is 1. The van der Waals surface area contributed by atoms with E-state index in [4.69, 9.17) is 0 Å². The summed E-state index contributed by atoms with van der Waals surface area (Å²) in [6, 6.07) is 22.2. The van der Waals surface area contributed by atoms with Crippen molar-refractivity contribution in [3.63, 3.8) is 0 Å². The molecule has 1 aliphatic rings. The number of anilines is 1. The van der Waals surface area contributed by atoms with Crippen molar-refractivity contribution in [1.82, 2.24) is 4.57 Å². The summed E-state index contributed by atoms with van der Waals surface area (Å²) in [6.45, 7) is 4.03. The summed E-state index contributed by atoms with van der Waals surface area (Å²) in [5.41, 5.74) is 3.82. The summed E-state index contributed by atoms with van der Waals surface area (Å²) in [6.07, 6.45) is 2.42. The Morgan fingerprint density at radius 1 is 0.969 bits per heavy atom. The molecular weight excluding hydrogens is 420 g/mol. The average Bonchev–Trinajstić information content (AvgIpc) is 3.31. The van der Waals surface area contributed by atoms with E-state index in [1.54, 1.807) is 41.1 Å². The van der Waals surface area contributed by atoms with Crippen LogP contribution in [-0.4, -0.2) is 24.9 Å². The topological polar surface area (TPSA) is 59.4 Å². The number of aryl methyl sites for hydroxylation is 1. The van der Waals surface area contributed by atoms with Crippen LogP contribution in [0.2, 0.25) is 0 Å². The Hall–Kier alpha value is -3.38. The smallest absolute Gasteiger partial charge is 0.247 e. The minimum atomic E-state index is -3.72. The molecule has 0 N–H and O–H groups in total. The number of hydrogen-bond donors (Lipinski definition) is 0. The van der Waals surface area contributed by atoms with Gasteiger partial charge in [-0.25, -0.2) is 8.42 Å². The molecule has 5 nitrogen and oxygen atoms in total. The number of carbonyl (C=O) groups is 1. The largest absolute Gasteiger partial charge is 0.337 e. The first-order valence-corrected chi connectivity index (χ1v) is 12.1. The Morgan fingerprint density at radius 3 is 2.44 bits per heavy atom. The van der Waals surface area contributed by atoms with Gasteiger partial charge >= 0.3 is 0 Å². The summed E-state index contributed by atoms with van der Waals surface area (Å²) in [5, 5.41) is 0.621. The SMILES string of the molecule is Cc1ccc(S(=O)(=O)c2cn(CC(=O)N3c4ccccc4CC3C)c3ccccc23)cc1. The van der Waals surface area contributed by atoms with E-state index >= 15 is 0 Å². The highest BCUT2D eigenvalue weighted by atomic mass is 32.2. The Kier molecular flexibility index (Phi) is 4.90. The van der Waals surface area contributed by atoms with Gasteiger partial charge in [0.1, 0.15) is 6.54 Å². The van der Waals surface area contributed by atoms with Gasteiger partial charge in [-0.3, -0.25) is 4.79 Å². The molecule has 1 aromatic heterocycles. The minimum absolute atomic E-state index is 0.0533. The van der Waals surface area contributed by atoms with Crippen LogP contribution in [0.25, 0.3) is 10.9 Å². The molecular formula is C26H24N2O3S. The Labute approximate surface area is 187 Å². The van der Waals surface area contributed by atoms with E-state index in [9.17, 15) is 13.2 Å². The summed E-state index contributed by atoms with van der Waals surface area (Å²) in [4.78, 5) is 15.7. The van der Waals surface area contributed by atoms with E-state index in [2.05, 4.69) is 6.07 Å². The lowest BCUT2D eigenvalue weighted by Crippen LogP contribution is -2.37. The first-order chi connectivity index (χ1) is 15.4. The van der Waals surface area contributed by atoms with Gasteiger partial charge in [-0.1, -0.05) is 54.1 Å². The van der Waals surface area contributed by atoms with Crippen LogP contribution < -0.4 is 4.90 Å². The molecule has 1 aliphatic heterocycles. The zero-order valence-electron chi connectivity index (χ0n) is 18.0. The highest BCUT2D eigenvalue weighted by molar-refractivity contribution is 7.91. The van der Waals surface area contributed by atoms with E-state index in [0.29, 0.717) is 5.39 Å². The normalized spacial score (nSPS) is 15.8. The lowest BCUT2D eigenvalue weighted by atomic mass is 10.1. The van der Waals surface area contributed by atoms with Gasteiger partial charge < -0.3 is 9.47 Å². The van der Waals surface area contributed by atoms with Gasteiger partial charge in [0.15, 0.2) is 0 Å². The molecule has 5 rings (SSSR count). The molecule has 162 valence electrons. The second kappa shape index (κ2) is 7.64. The number of nitrogens with zero attached hydrogens (tertiary/aromatic N) is 2. The number of fused-ring (bicyclic) bond motifs is 2. The fraction of sp³-hybridized carbons (Fsp3) is 0.192. The molecule has 1 unspecified atom stereocenters. The molecule has 6 heteroatoms. The third-order valence-corrected chi connectivity index (χ3v) is 7.95. The van der Waals surface area contributed by atoms with Gasteiger partial charge in [0.2, 0.25) is 15.7 Å². The molecule has 1 atom stereocenters. The number of aromatic nitrogens is 1. The number of amides is 1. The molecule has 0 aliphatic carbocycles. The van der Waals surface area contributed by atoms with Crippen LogP contribution in [0.1, 0.15) is 18.1 Å². The molecule has 0 bridgehead atoms. The van der Waals surface area contributed by atoms with Crippen LogP contribution >= 0.6 is 0 Å². The van der Waals surface area contributed by atoms with Crippen molar-refractivity contribution in [2.75, 3.05) is 4.90 Å². The Bertz CT molecular complexity index is 1440. The van der Waals surface area contributed by atoms with Crippen molar-refractivity contribution in [3.8, 4) is 0 Å². The van der Waals surface area contributed by atoms with Crippen molar-refractivity contribution in [1.29, 1.82) is 0 Å². The predicted octanol–water partition coefficient (Wildman–Crippen LogP) is 4.76. The molecule has 0 fully saturated rings. The molecule has 1 amide bonds. The second-order valence-electron chi connectivity index (χ2n) is 8.40. The van der Waals surface area contributed by atoms with Crippen LogP contribution in [-0.2, 0) is 27.6 Å². The number of sulfone groups is 1. The molecule has 4 aromatic rings. The van der Waals surface area contributed by atoms with Crippen molar-refractivity contribution < 1.29 is 13.2 Å². The third-order valence-electron chi connectivity index (χ3n) is 6.15. The number of hydrogen-bond acceptors (Lipinski definition) is 3. The van der Waals surface area contributed by atoms with Crippen LogP contribution in [0, 0.1) is 6.92 Å². The molecule has 2 heterocycles. The number of rotatable bonds is 4. The van der Waals surface area contributed by atoms with E-state index in [1.807, 2.05) is 55.1 Å². The number of benzene rings is 3. The lowest BCUT2D eigenvalue weighted by molar-refractivity contribution is -0.119. The van der Waals surface area contributed by atoms with E-state index in [1.165, 1.54) is 0 Å². The molecule has 0 spiro atoms. The van der Waals surface area contributed by atoms with Gasteiger partial charge in [-0.05, 0) is 50.1 Å². The van der Waals surface area contributed by atoms with Crippen molar-refractivity contribution in [3.05, 3.63) is 90.1 Å². The zero-order chi connectivity index (χ0) is 22.5. The van der Waals surface area contributed by atoms with E-state index in [0.717, 1.165) is 28.8 Å². The maximum absolute atomic E-state index is 13.4. The zero-order valence-corrected chi connectivity index (χ0v) is 18.8. The third kappa shape index (κ3) is 3.31. The minimum Gasteiger partial charge on any atom is -0.337 e. The molecule has 0 saturated carbocycles. The fourth-order valence-electron chi connectivity index (χ4n) is 4.57. The van der Waals surface area contributed by atoms with Crippen LogP contribution in [0.4, 0.5) is 5.69 Å². The summed E-state index contributed by atoms with van der Waals surface area (Å²) >= 11 is 0. The van der Waals surface area contributed by atoms with Gasteiger partial charge in [-0.15, -0.1) is 0 Å². The molecule has 0 radical (unpaired) electrons. The first kappa shape index (κ1) is 20.5. The summed E-state index contributed by atoms with van der Waals surface area (Å²) in [5.74, 6) is -0.0533. The van der Waals surface area contributed by atoms with Crippen molar-refractivity contribution >= 4 is 32.3 Å². The Morgan fingerprint density at radius 2 is 1.66 bits per heavy atom. The van der Waals surface area contributed by atoms with E-state index < -0.39 is 9.84 Å². The molecule has 3 aromatic carbocycles. The van der Waals surface area contributed by atoms with Gasteiger partial charge in [0, 0.05) is 28.8 Å². The predicted molar refractivity (Wildman–Crippen MR) is 126 cm³/mol. The Balaban J connectivity index is 1.55. The molecule has 32 heavy (non-hydrogen) atoms. The van der Waals surface area contributed by atoms with Crippen LogP contribution in [0.5, 0.6) is 0 Å². The van der Waals surface area contributed by atoms with Crippen LogP contribution in [0.3, 0.4) is 0 Å². The lowest BCUT2D eigenvalue weighted by Gasteiger charge is -2.23. The van der Waals surface area contributed by atoms with Gasteiger partial charge in [0.05, 0.1) is 9.79 Å². The van der Waals surface area contributed by atoms with Gasteiger partial charge in [-0.2, -0.15) is 0 Å². The quantitative estimate of drug-likeness (QED) is 0.456. The maximum Gasteiger partial charge on any atom is 0.247 e. The standard InChI is InChI=1S/C26H24N2O3S/c1-18-11-13-21(14-12-18)32(30,31)25-16-27(24-10-6-4-8-22(24)25)17-26(29)28-19(2)15-20-7-3-5-9-23(20)28/h3-14,16,19H,15,17H2,1-2H3. The fourth-order valence-corrected chi connectivity index (χ4v) is 6.05. The average molecular weight is 445 g/mol. The van der Waals surface area contributed by atoms with Crippen LogP contribution in [0.15, 0.2) is 88.8 Å². The maximum atomic E-state index is 13.4. The number of para-hydroxylation sites is 2. The van der Waals surface area contributed by atoms with Crippen molar-refractivity contribution in [2.45, 2.75) is 42.6 Å². The summed E-state index contributed by atoms with van der Waals surface area (Å²) in [7, 11) is -3.72. The highest BCUT2D eigenvalue weighted by Crippen LogP contribution is 2.34. The van der Waals surface area contributed by atoms with E-state index in [-0.39, 0.29) is 28.3 Å². The van der Waals surface area contributed by atoms with Gasteiger partial charge in [0.25, 0.3) is 0 Å². The molecule has 0 saturated heterocycles. The second-order valence-corrected chi connectivity index (χ2v) is 10.3. The highest BCUT2D eigenvalue weighted by Gasteiger charge is 2.31.